The lowest BCUT2D eigenvalue weighted by molar-refractivity contribution is 0.531. The molecule has 1 aromatic rings. The second kappa shape index (κ2) is 9.11. The molecule has 1 aromatic carbocycles. The minimum Gasteiger partial charge on any atom is -0.316 e. The van der Waals surface area contributed by atoms with E-state index in [1.54, 1.807) is 0 Å². The van der Waals surface area contributed by atoms with Gasteiger partial charge in [-0.2, -0.15) is 0 Å². The normalized spacial score (nSPS) is 11.2. The lowest BCUT2D eigenvalue weighted by Crippen LogP contribution is -2.25. The van der Waals surface area contributed by atoms with Crippen molar-refractivity contribution < 1.29 is 0 Å². The standard InChI is InChI=1S/C17H30N2/c1-14(2)13-19-10-5-9-18-11-8-17-7-6-15(3)16(4)12-17/h6-7,12,14,18-19H,5,8-11,13H2,1-4H3. The molecule has 0 saturated heterocycles. The Morgan fingerprint density at radius 3 is 2.37 bits per heavy atom. The van der Waals surface area contributed by atoms with E-state index < -0.39 is 0 Å². The van der Waals surface area contributed by atoms with Gasteiger partial charge in [0.15, 0.2) is 0 Å². The first kappa shape index (κ1) is 16.2. The highest BCUT2D eigenvalue weighted by molar-refractivity contribution is 5.29. The molecule has 1 rings (SSSR count). The van der Waals surface area contributed by atoms with Crippen LogP contribution >= 0.6 is 0 Å². The average Bonchev–Trinajstić information content (AvgIpc) is 2.36. The van der Waals surface area contributed by atoms with Gasteiger partial charge in [0.2, 0.25) is 0 Å². The molecule has 2 nitrogen and oxygen atoms in total. The van der Waals surface area contributed by atoms with Crippen molar-refractivity contribution in [1.82, 2.24) is 10.6 Å². The van der Waals surface area contributed by atoms with Gasteiger partial charge in [-0.05, 0) is 75.5 Å². The Balaban J connectivity index is 2.03. The van der Waals surface area contributed by atoms with Gasteiger partial charge in [-0.3, -0.25) is 0 Å². The molecular weight excluding hydrogens is 232 g/mol. The fourth-order valence-electron chi connectivity index (χ4n) is 2.05. The van der Waals surface area contributed by atoms with Crippen LogP contribution in [-0.4, -0.2) is 26.2 Å². The third-order valence-electron chi connectivity index (χ3n) is 3.42. The number of nitrogens with one attached hydrogen (secondary N) is 2. The molecule has 2 heteroatoms. The number of hydrogen-bond donors (Lipinski definition) is 2. The van der Waals surface area contributed by atoms with Crippen molar-refractivity contribution >= 4 is 0 Å². The molecule has 0 heterocycles. The SMILES string of the molecule is Cc1ccc(CCNCCCNCC(C)C)cc1C. The Morgan fingerprint density at radius 2 is 1.68 bits per heavy atom. The largest absolute Gasteiger partial charge is 0.316 e. The molecule has 0 aliphatic rings. The van der Waals surface area contributed by atoms with Crippen molar-refractivity contribution in [3.05, 3.63) is 34.9 Å². The summed E-state index contributed by atoms with van der Waals surface area (Å²) in [5.41, 5.74) is 4.22. The third kappa shape index (κ3) is 7.34. The summed E-state index contributed by atoms with van der Waals surface area (Å²) in [5, 5.41) is 6.98. The van der Waals surface area contributed by atoms with Gasteiger partial charge in [-0.25, -0.2) is 0 Å². The van der Waals surface area contributed by atoms with E-state index in [1.165, 1.54) is 23.1 Å². The molecule has 0 fully saturated rings. The summed E-state index contributed by atoms with van der Waals surface area (Å²) in [7, 11) is 0. The molecule has 0 amide bonds. The first-order chi connectivity index (χ1) is 9.09. The summed E-state index contributed by atoms with van der Waals surface area (Å²) < 4.78 is 0. The zero-order valence-electron chi connectivity index (χ0n) is 13.1. The van der Waals surface area contributed by atoms with Crippen molar-refractivity contribution in [3.8, 4) is 0 Å². The van der Waals surface area contributed by atoms with Crippen molar-refractivity contribution in [2.45, 2.75) is 40.5 Å². The van der Waals surface area contributed by atoms with E-state index in [0.717, 1.165) is 38.5 Å². The number of benzene rings is 1. The van der Waals surface area contributed by atoms with Crippen LogP contribution in [0.4, 0.5) is 0 Å². The van der Waals surface area contributed by atoms with Crippen LogP contribution in [-0.2, 0) is 6.42 Å². The van der Waals surface area contributed by atoms with Gasteiger partial charge in [0, 0.05) is 0 Å². The molecule has 0 saturated carbocycles. The van der Waals surface area contributed by atoms with Gasteiger partial charge < -0.3 is 10.6 Å². The highest BCUT2D eigenvalue weighted by atomic mass is 14.9. The molecule has 0 aromatic heterocycles. The van der Waals surface area contributed by atoms with Gasteiger partial charge >= 0.3 is 0 Å². The van der Waals surface area contributed by atoms with Crippen LogP contribution in [0, 0.1) is 19.8 Å². The summed E-state index contributed by atoms with van der Waals surface area (Å²) in [6, 6.07) is 6.77. The average molecular weight is 262 g/mol. The van der Waals surface area contributed by atoms with Crippen molar-refractivity contribution in [2.75, 3.05) is 26.2 Å². The molecule has 0 radical (unpaired) electrons. The number of rotatable bonds is 9. The molecule has 0 aliphatic heterocycles. The quantitative estimate of drug-likeness (QED) is 0.668. The van der Waals surface area contributed by atoms with E-state index in [4.69, 9.17) is 0 Å². The van der Waals surface area contributed by atoms with Crippen LogP contribution in [0.3, 0.4) is 0 Å². The van der Waals surface area contributed by atoms with E-state index >= 15 is 0 Å². The summed E-state index contributed by atoms with van der Waals surface area (Å²) in [6.45, 7) is 13.3. The molecule has 0 spiro atoms. The molecule has 2 N–H and O–H groups in total. The van der Waals surface area contributed by atoms with Crippen LogP contribution in [0.25, 0.3) is 0 Å². The monoisotopic (exact) mass is 262 g/mol. The molecule has 0 unspecified atom stereocenters. The van der Waals surface area contributed by atoms with Crippen molar-refractivity contribution in [3.63, 3.8) is 0 Å². The topological polar surface area (TPSA) is 24.1 Å². The minimum atomic E-state index is 0.748. The number of hydrogen-bond acceptors (Lipinski definition) is 2. The smallest absolute Gasteiger partial charge is 0.000834 e. The highest BCUT2D eigenvalue weighted by Crippen LogP contribution is 2.09. The highest BCUT2D eigenvalue weighted by Gasteiger charge is 1.97. The molecule has 0 aliphatic carbocycles. The maximum Gasteiger partial charge on any atom is -0.000834 e. The van der Waals surface area contributed by atoms with Crippen LogP contribution in [0.15, 0.2) is 18.2 Å². The lowest BCUT2D eigenvalue weighted by Gasteiger charge is -2.09. The van der Waals surface area contributed by atoms with Crippen molar-refractivity contribution in [1.29, 1.82) is 0 Å². The van der Waals surface area contributed by atoms with Crippen molar-refractivity contribution in [2.24, 2.45) is 5.92 Å². The van der Waals surface area contributed by atoms with E-state index in [0.29, 0.717) is 0 Å². The maximum absolute atomic E-state index is 3.52. The first-order valence-electron chi connectivity index (χ1n) is 7.57. The van der Waals surface area contributed by atoms with Gasteiger partial charge in [-0.15, -0.1) is 0 Å². The molecule has 19 heavy (non-hydrogen) atoms. The Labute approximate surface area is 119 Å². The molecule has 0 atom stereocenters. The van der Waals surface area contributed by atoms with Crippen LogP contribution in [0.2, 0.25) is 0 Å². The Kier molecular flexibility index (Phi) is 7.76. The lowest BCUT2D eigenvalue weighted by atomic mass is 10.0. The molecular formula is C17H30N2. The molecule has 108 valence electrons. The second-order valence-corrected chi connectivity index (χ2v) is 5.87. The van der Waals surface area contributed by atoms with E-state index in [2.05, 4.69) is 56.5 Å². The Morgan fingerprint density at radius 1 is 0.947 bits per heavy atom. The first-order valence-corrected chi connectivity index (χ1v) is 7.57. The minimum absolute atomic E-state index is 0.748. The zero-order chi connectivity index (χ0) is 14.1. The van der Waals surface area contributed by atoms with Crippen LogP contribution in [0.5, 0.6) is 0 Å². The van der Waals surface area contributed by atoms with Gasteiger partial charge in [0.05, 0.1) is 0 Å². The second-order valence-electron chi connectivity index (χ2n) is 5.87. The van der Waals surface area contributed by atoms with Gasteiger partial charge in [0.1, 0.15) is 0 Å². The summed E-state index contributed by atoms with van der Waals surface area (Å²) >= 11 is 0. The van der Waals surface area contributed by atoms with E-state index in [-0.39, 0.29) is 0 Å². The summed E-state index contributed by atoms with van der Waals surface area (Å²) in [5.74, 6) is 0.748. The van der Waals surface area contributed by atoms with Crippen LogP contribution in [0.1, 0.15) is 37.0 Å². The Hall–Kier alpha value is -0.860. The maximum atomic E-state index is 3.52. The summed E-state index contributed by atoms with van der Waals surface area (Å²) in [4.78, 5) is 0. The van der Waals surface area contributed by atoms with Gasteiger partial charge in [-0.1, -0.05) is 32.0 Å². The zero-order valence-corrected chi connectivity index (χ0v) is 13.1. The fourth-order valence-corrected chi connectivity index (χ4v) is 2.05. The van der Waals surface area contributed by atoms with Gasteiger partial charge in [0.25, 0.3) is 0 Å². The predicted octanol–water partition coefficient (Wildman–Crippen LogP) is 3.07. The Bertz CT molecular complexity index is 358. The number of aryl methyl sites for hydroxylation is 2. The summed E-state index contributed by atoms with van der Waals surface area (Å²) in [6.07, 6.45) is 2.33. The fraction of sp³-hybridized carbons (Fsp3) is 0.647. The van der Waals surface area contributed by atoms with Crippen LogP contribution < -0.4 is 10.6 Å². The molecule has 0 bridgehead atoms. The predicted molar refractivity (Wildman–Crippen MR) is 84.8 cm³/mol. The van der Waals surface area contributed by atoms with E-state index in [1.807, 2.05) is 0 Å². The van der Waals surface area contributed by atoms with E-state index in [9.17, 15) is 0 Å². The third-order valence-corrected chi connectivity index (χ3v) is 3.42.